The molecule has 0 rings (SSSR count). The van der Waals surface area contributed by atoms with Gasteiger partial charge in [0.25, 0.3) is 0 Å². The van der Waals surface area contributed by atoms with Crippen molar-refractivity contribution < 1.29 is 24.5 Å². The fourth-order valence-corrected chi connectivity index (χ4v) is 9.64. The molecule has 6 heteroatoms. The van der Waals surface area contributed by atoms with Crippen LogP contribution in [0, 0.1) is 0 Å². The predicted octanol–water partition coefficient (Wildman–Crippen LogP) is 18.9. The first kappa shape index (κ1) is 65.6. The van der Waals surface area contributed by atoms with Gasteiger partial charge in [0.15, 0.2) is 0 Å². The number of esters is 1. The Kier molecular flexibility index (Phi) is 56.0. The lowest BCUT2D eigenvalue weighted by molar-refractivity contribution is -0.143. The Bertz CT molecular complexity index is 1000. The van der Waals surface area contributed by atoms with Crippen molar-refractivity contribution in [2.75, 3.05) is 13.2 Å². The van der Waals surface area contributed by atoms with Gasteiger partial charge in [-0.1, -0.05) is 289 Å². The highest BCUT2D eigenvalue weighted by molar-refractivity contribution is 5.76. The minimum absolute atomic E-state index is 0.00246. The number of aliphatic hydroxyl groups excluding tert-OH is 2. The molecule has 0 aliphatic heterocycles. The van der Waals surface area contributed by atoms with E-state index >= 15 is 0 Å². The van der Waals surface area contributed by atoms with E-state index in [0.29, 0.717) is 25.9 Å². The maximum absolute atomic E-state index is 12.5. The summed E-state index contributed by atoms with van der Waals surface area (Å²) < 4.78 is 5.48. The number of allylic oxidation sites excluding steroid dienone is 2. The van der Waals surface area contributed by atoms with Crippen LogP contribution < -0.4 is 5.32 Å². The van der Waals surface area contributed by atoms with Crippen LogP contribution in [0.15, 0.2) is 12.2 Å². The molecule has 0 saturated heterocycles. The molecule has 0 heterocycles. The number of amides is 1. The Balaban J connectivity index is 3.43. The summed E-state index contributed by atoms with van der Waals surface area (Å²) in [4.78, 5) is 24.6. The molecule has 0 fully saturated rings. The van der Waals surface area contributed by atoms with Crippen LogP contribution in [0.2, 0.25) is 0 Å². The van der Waals surface area contributed by atoms with E-state index in [1.165, 1.54) is 257 Å². The molecular formula is C61H119NO5. The number of hydrogen-bond acceptors (Lipinski definition) is 5. The Morgan fingerprint density at radius 2 is 0.701 bits per heavy atom. The van der Waals surface area contributed by atoms with Gasteiger partial charge in [-0.2, -0.15) is 0 Å². The van der Waals surface area contributed by atoms with Crippen molar-refractivity contribution in [3.63, 3.8) is 0 Å². The van der Waals surface area contributed by atoms with E-state index in [4.69, 9.17) is 4.74 Å². The molecule has 2 unspecified atom stereocenters. The van der Waals surface area contributed by atoms with Crippen molar-refractivity contribution in [1.29, 1.82) is 0 Å². The van der Waals surface area contributed by atoms with Crippen LogP contribution in [0.4, 0.5) is 0 Å². The quantitative estimate of drug-likeness (QED) is 0.0321. The monoisotopic (exact) mass is 946 g/mol. The molecular weight excluding hydrogens is 827 g/mol. The number of carbonyl (C=O) groups is 2. The van der Waals surface area contributed by atoms with E-state index < -0.39 is 12.1 Å². The summed E-state index contributed by atoms with van der Waals surface area (Å²) in [6.07, 6.45) is 67.8. The second-order valence-corrected chi connectivity index (χ2v) is 21.0. The van der Waals surface area contributed by atoms with Crippen molar-refractivity contribution in [2.45, 2.75) is 353 Å². The van der Waals surface area contributed by atoms with Gasteiger partial charge in [-0.05, 0) is 51.4 Å². The number of ether oxygens (including phenoxy) is 1. The third-order valence-electron chi connectivity index (χ3n) is 14.3. The summed E-state index contributed by atoms with van der Waals surface area (Å²) >= 11 is 0. The zero-order valence-corrected chi connectivity index (χ0v) is 45.4. The summed E-state index contributed by atoms with van der Waals surface area (Å²) in [6.45, 7) is 4.96. The number of carbonyl (C=O) groups excluding carboxylic acids is 2. The molecule has 0 aliphatic rings. The first-order chi connectivity index (χ1) is 33.0. The van der Waals surface area contributed by atoms with Gasteiger partial charge < -0.3 is 20.3 Å². The second kappa shape index (κ2) is 57.2. The van der Waals surface area contributed by atoms with Crippen molar-refractivity contribution in [3.05, 3.63) is 12.2 Å². The molecule has 0 aromatic heterocycles. The molecule has 398 valence electrons. The zero-order valence-electron chi connectivity index (χ0n) is 45.4. The Morgan fingerprint density at radius 3 is 1.06 bits per heavy atom. The van der Waals surface area contributed by atoms with E-state index in [9.17, 15) is 19.8 Å². The Hall–Kier alpha value is -1.40. The smallest absolute Gasteiger partial charge is 0.305 e. The summed E-state index contributed by atoms with van der Waals surface area (Å²) in [5.41, 5.74) is 0. The van der Waals surface area contributed by atoms with Crippen molar-refractivity contribution in [1.82, 2.24) is 5.32 Å². The lowest BCUT2D eigenvalue weighted by Crippen LogP contribution is -2.45. The molecule has 0 spiro atoms. The van der Waals surface area contributed by atoms with Crippen LogP contribution in [0.25, 0.3) is 0 Å². The largest absolute Gasteiger partial charge is 0.466 e. The van der Waals surface area contributed by atoms with Crippen molar-refractivity contribution >= 4 is 11.9 Å². The van der Waals surface area contributed by atoms with E-state index in [-0.39, 0.29) is 18.5 Å². The molecule has 0 radical (unpaired) electrons. The highest BCUT2D eigenvalue weighted by atomic mass is 16.5. The first-order valence-corrected chi connectivity index (χ1v) is 30.4. The van der Waals surface area contributed by atoms with Crippen molar-refractivity contribution in [2.24, 2.45) is 0 Å². The van der Waals surface area contributed by atoms with E-state index in [1.54, 1.807) is 0 Å². The van der Waals surface area contributed by atoms with Gasteiger partial charge in [0, 0.05) is 12.8 Å². The molecule has 0 bridgehead atoms. The van der Waals surface area contributed by atoms with Gasteiger partial charge in [-0.15, -0.1) is 0 Å². The van der Waals surface area contributed by atoms with Gasteiger partial charge in [-0.3, -0.25) is 9.59 Å². The van der Waals surface area contributed by atoms with Gasteiger partial charge in [0.2, 0.25) is 5.91 Å². The molecule has 2 atom stereocenters. The number of aliphatic hydroxyl groups is 2. The maximum Gasteiger partial charge on any atom is 0.305 e. The van der Waals surface area contributed by atoms with Crippen LogP contribution >= 0.6 is 0 Å². The lowest BCUT2D eigenvalue weighted by atomic mass is 10.0. The Labute approximate surface area is 419 Å². The molecule has 67 heavy (non-hydrogen) atoms. The third-order valence-corrected chi connectivity index (χ3v) is 14.3. The highest BCUT2D eigenvalue weighted by Crippen LogP contribution is 2.18. The third kappa shape index (κ3) is 53.8. The maximum atomic E-state index is 12.5. The molecule has 0 aliphatic carbocycles. The van der Waals surface area contributed by atoms with Crippen LogP contribution in [0.5, 0.6) is 0 Å². The average molecular weight is 947 g/mol. The van der Waals surface area contributed by atoms with E-state index in [1.807, 2.05) is 0 Å². The lowest BCUT2D eigenvalue weighted by Gasteiger charge is -2.22. The molecule has 6 nitrogen and oxygen atoms in total. The molecule has 0 saturated carbocycles. The fourth-order valence-electron chi connectivity index (χ4n) is 9.64. The van der Waals surface area contributed by atoms with Crippen LogP contribution in [-0.4, -0.2) is 47.4 Å². The average Bonchev–Trinajstić information content (AvgIpc) is 3.33. The van der Waals surface area contributed by atoms with Crippen LogP contribution in [0.1, 0.15) is 341 Å². The van der Waals surface area contributed by atoms with Crippen LogP contribution in [-0.2, 0) is 14.3 Å². The van der Waals surface area contributed by atoms with Crippen LogP contribution in [0.3, 0.4) is 0 Å². The normalized spacial score (nSPS) is 12.6. The standard InChI is InChI=1S/C61H119NO5/c1-3-5-7-9-11-13-15-17-19-22-25-29-33-37-41-45-49-53-59(64)58(57-63)62-60(65)54-50-46-42-38-34-30-26-23-21-24-28-32-36-40-44-48-52-56-67-61(66)55-51-47-43-39-35-31-27-20-18-16-14-12-10-8-6-4-2/h21,24,58-59,63-64H,3-20,22-23,25-57H2,1-2H3,(H,62,65)/b24-21-. The number of hydrogen-bond donors (Lipinski definition) is 3. The summed E-state index contributed by atoms with van der Waals surface area (Å²) in [6, 6.07) is -0.550. The molecule has 3 N–H and O–H groups in total. The molecule has 0 aromatic rings. The predicted molar refractivity (Wildman–Crippen MR) is 292 cm³/mol. The van der Waals surface area contributed by atoms with Gasteiger partial charge in [0.1, 0.15) is 0 Å². The number of unbranched alkanes of at least 4 members (excludes halogenated alkanes) is 44. The number of rotatable bonds is 57. The fraction of sp³-hybridized carbons (Fsp3) is 0.934. The topological polar surface area (TPSA) is 95.9 Å². The van der Waals surface area contributed by atoms with Gasteiger partial charge >= 0.3 is 5.97 Å². The highest BCUT2D eigenvalue weighted by Gasteiger charge is 2.20. The molecule has 1 amide bonds. The van der Waals surface area contributed by atoms with Crippen molar-refractivity contribution in [3.8, 4) is 0 Å². The Morgan fingerprint density at radius 1 is 0.403 bits per heavy atom. The van der Waals surface area contributed by atoms with Gasteiger partial charge in [-0.25, -0.2) is 0 Å². The minimum atomic E-state index is -0.671. The van der Waals surface area contributed by atoms with Gasteiger partial charge in [0.05, 0.1) is 25.4 Å². The minimum Gasteiger partial charge on any atom is -0.466 e. The summed E-state index contributed by atoms with van der Waals surface area (Å²) in [7, 11) is 0. The van der Waals surface area contributed by atoms with E-state index in [0.717, 1.165) is 51.4 Å². The van der Waals surface area contributed by atoms with E-state index in [2.05, 4.69) is 31.3 Å². The first-order valence-electron chi connectivity index (χ1n) is 30.4. The number of nitrogens with one attached hydrogen (secondary N) is 1. The SMILES string of the molecule is CCCCCCCCCCCCCCCCCCCC(O)C(CO)NC(=O)CCCCCCCCC/C=C\CCCCCCCCOC(=O)CCCCCCCCCCCCCCCCCC. The molecule has 0 aromatic carbocycles. The summed E-state index contributed by atoms with van der Waals surface area (Å²) in [5, 5.41) is 23.3. The second-order valence-electron chi connectivity index (χ2n) is 21.0. The zero-order chi connectivity index (χ0) is 48.6. The summed E-state index contributed by atoms with van der Waals surface area (Å²) in [5.74, 6) is -0.0416.